The summed E-state index contributed by atoms with van der Waals surface area (Å²) < 4.78 is 10.5. The number of carboxylic acid groups (broad SMARTS) is 1. The Morgan fingerprint density at radius 3 is 2.80 bits per heavy atom. The maximum Gasteiger partial charge on any atom is 0.317 e. The van der Waals surface area contributed by atoms with E-state index in [2.05, 4.69) is 9.84 Å². The van der Waals surface area contributed by atoms with E-state index in [1.807, 2.05) is 0 Å². The molecule has 110 valence electrons. The standard InChI is InChI=1S/C11H13ClN2O6/c1-19-6-14-11(18)10(12)7(5-13-14)2-3-20-9(17)4-8(15)16/h5H,2-4,6H2,1H3,(H,15,16). The summed E-state index contributed by atoms with van der Waals surface area (Å²) in [6, 6.07) is 0. The van der Waals surface area contributed by atoms with E-state index in [-0.39, 0.29) is 24.8 Å². The van der Waals surface area contributed by atoms with Gasteiger partial charge in [0.1, 0.15) is 18.2 Å². The first-order valence-electron chi connectivity index (χ1n) is 5.56. The van der Waals surface area contributed by atoms with Gasteiger partial charge in [0.15, 0.2) is 0 Å². The first-order chi connectivity index (χ1) is 9.45. The van der Waals surface area contributed by atoms with Gasteiger partial charge in [0.2, 0.25) is 0 Å². The van der Waals surface area contributed by atoms with Crippen molar-refractivity contribution in [3.8, 4) is 0 Å². The zero-order valence-electron chi connectivity index (χ0n) is 10.7. The molecule has 0 aromatic carbocycles. The minimum Gasteiger partial charge on any atom is -0.481 e. The average Bonchev–Trinajstić information content (AvgIpc) is 2.37. The Kier molecular flexibility index (Phi) is 6.13. The zero-order valence-corrected chi connectivity index (χ0v) is 11.4. The Hall–Kier alpha value is -1.93. The number of ether oxygens (including phenoxy) is 2. The van der Waals surface area contributed by atoms with Crippen molar-refractivity contribution < 1.29 is 24.2 Å². The second kappa shape index (κ2) is 7.61. The molecule has 0 aliphatic carbocycles. The first kappa shape index (κ1) is 16.1. The van der Waals surface area contributed by atoms with Crippen LogP contribution in [0, 0.1) is 0 Å². The number of carbonyl (C=O) groups excluding carboxylic acids is 1. The Balaban J connectivity index is 2.61. The summed E-state index contributed by atoms with van der Waals surface area (Å²) >= 11 is 5.87. The second-order valence-electron chi connectivity index (χ2n) is 3.75. The fourth-order valence-corrected chi connectivity index (χ4v) is 1.58. The van der Waals surface area contributed by atoms with Gasteiger partial charge in [0, 0.05) is 13.5 Å². The van der Waals surface area contributed by atoms with Gasteiger partial charge in [-0.25, -0.2) is 4.68 Å². The van der Waals surface area contributed by atoms with Crippen molar-refractivity contribution >= 4 is 23.5 Å². The van der Waals surface area contributed by atoms with Crippen molar-refractivity contribution in [2.45, 2.75) is 19.6 Å². The van der Waals surface area contributed by atoms with Crippen LogP contribution in [-0.2, 0) is 32.2 Å². The lowest BCUT2D eigenvalue weighted by atomic mass is 10.2. The summed E-state index contributed by atoms with van der Waals surface area (Å²) in [5.41, 5.74) is -0.102. The molecular weight excluding hydrogens is 292 g/mol. The van der Waals surface area contributed by atoms with Crippen LogP contribution in [0.25, 0.3) is 0 Å². The van der Waals surface area contributed by atoms with Crippen molar-refractivity contribution in [3.05, 3.63) is 27.1 Å². The van der Waals surface area contributed by atoms with E-state index in [9.17, 15) is 14.4 Å². The highest BCUT2D eigenvalue weighted by Gasteiger charge is 2.12. The van der Waals surface area contributed by atoms with E-state index in [0.29, 0.717) is 5.56 Å². The second-order valence-corrected chi connectivity index (χ2v) is 4.13. The molecule has 1 N–H and O–H groups in total. The Bertz CT molecular complexity index is 556. The van der Waals surface area contributed by atoms with Crippen LogP contribution in [0.4, 0.5) is 0 Å². The maximum absolute atomic E-state index is 11.7. The Morgan fingerprint density at radius 2 is 2.20 bits per heavy atom. The van der Waals surface area contributed by atoms with Crippen molar-refractivity contribution in [3.63, 3.8) is 0 Å². The van der Waals surface area contributed by atoms with Crippen LogP contribution in [0.1, 0.15) is 12.0 Å². The van der Waals surface area contributed by atoms with E-state index in [0.717, 1.165) is 4.68 Å². The number of esters is 1. The smallest absolute Gasteiger partial charge is 0.317 e. The van der Waals surface area contributed by atoms with E-state index >= 15 is 0 Å². The Morgan fingerprint density at radius 1 is 1.50 bits per heavy atom. The zero-order chi connectivity index (χ0) is 15.1. The minimum atomic E-state index is -1.27. The quantitative estimate of drug-likeness (QED) is 0.560. The van der Waals surface area contributed by atoms with E-state index in [1.165, 1.54) is 13.3 Å². The number of methoxy groups -OCH3 is 1. The van der Waals surface area contributed by atoms with Gasteiger partial charge in [-0.1, -0.05) is 11.6 Å². The molecule has 0 unspecified atom stereocenters. The first-order valence-corrected chi connectivity index (χ1v) is 5.94. The monoisotopic (exact) mass is 304 g/mol. The van der Waals surface area contributed by atoms with Crippen LogP contribution < -0.4 is 5.56 Å². The molecule has 1 heterocycles. The highest BCUT2D eigenvalue weighted by molar-refractivity contribution is 6.31. The maximum atomic E-state index is 11.7. The van der Waals surface area contributed by atoms with E-state index in [1.54, 1.807) is 0 Å². The molecule has 0 aliphatic rings. The number of carboxylic acids is 1. The molecule has 0 fully saturated rings. The predicted octanol–water partition coefficient (Wildman–Crippen LogP) is 0.0610. The molecule has 20 heavy (non-hydrogen) atoms. The largest absolute Gasteiger partial charge is 0.481 e. The fourth-order valence-electron chi connectivity index (χ4n) is 1.34. The van der Waals surface area contributed by atoms with Crippen LogP contribution in [0.2, 0.25) is 5.02 Å². The number of aliphatic carboxylic acids is 1. The van der Waals surface area contributed by atoms with Crippen molar-refractivity contribution in [2.24, 2.45) is 0 Å². The van der Waals surface area contributed by atoms with Crippen LogP contribution in [0.5, 0.6) is 0 Å². The van der Waals surface area contributed by atoms with Gasteiger partial charge < -0.3 is 14.6 Å². The molecule has 8 nitrogen and oxygen atoms in total. The number of carbonyl (C=O) groups is 2. The molecule has 1 rings (SSSR count). The predicted molar refractivity (Wildman–Crippen MR) is 67.4 cm³/mol. The highest BCUT2D eigenvalue weighted by atomic mass is 35.5. The SMILES string of the molecule is COCn1ncc(CCOC(=O)CC(=O)O)c(Cl)c1=O. The van der Waals surface area contributed by atoms with Crippen LogP contribution in [0.15, 0.2) is 11.0 Å². The Labute approximate surface area is 118 Å². The lowest BCUT2D eigenvalue weighted by molar-refractivity contribution is -0.151. The lowest BCUT2D eigenvalue weighted by Gasteiger charge is -2.07. The van der Waals surface area contributed by atoms with Gasteiger partial charge in [-0.2, -0.15) is 5.10 Å². The third-order valence-corrected chi connectivity index (χ3v) is 2.64. The summed E-state index contributed by atoms with van der Waals surface area (Å²) in [6.45, 7) is -0.103. The summed E-state index contributed by atoms with van der Waals surface area (Å²) in [5, 5.41) is 12.2. The molecule has 1 aromatic heterocycles. The minimum absolute atomic E-state index is 0.0214. The van der Waals surface area contributed by atoms with Crippen molar-refractivity contribution in [1.82, 2.24) is 9.78 Å². The number of aromatic nitrogens is 2. The summed E-state index contributed by atoms with van der Waals surface area (Å²) in [7, 11) is 1.41. The molecule has 0 amide bonds. The number of rotatable bonds is 7. The van der Waals surface area contributed by atoms with Crippen LogP contribution in [0.3, 0.4) is 0 Å². The van der Waals surface area contributed by atoms with E-state index in [4.69, 9.17) is 21.4 Å². The van der Waals surface area contributed by atoms with Gasteiger partial charge in [-0.05, 0) is 5.56 Å². The molecule has 0 radical (unpaired) electrons. The molecule has 1 aromatic rings. The molecule has 0 bridgehead atoms. The lowest BCUT2D eigenvalue weighted by Crippen LogP contribution is -2.25. The van der Waals surface area contributed by atoms with Crippen LogP contribution >= 0.6 is 11.6 Å². The molecule has 0 saturated heterocycles. The third-order valence-electron chi connectivity index (χ3n) is 2.24. The van der Waals surface area contributed by atoms with Crippen molar-refractivity contribution in [2.75, 3.05) is 13.7 Å². The van der Waals surface area contributed by atoms with Crippen molar-refractivity contribution in [1.29, 1.82) is 0 Å². The third kappa shape index (κ3) is 4.63. The summed E-state index contributed by atoms with van der Waals surface area (Å²) in [6.07, 6.45) is 0.829. The molecular formula is C11H13ClN2O6. The van der Waals surface area contributed by atoms with Gasteiger partial charge in [0.25, 0.3) is 5.56 Å². The topological polar surface area (TPSA) is 108 Å². The molecule has 0 atom stereocenters. The van der Waals surface area contributed by atoms with E-state index < -0.39 is 23.9 Å². The number of hydrogen-bond acceptors (Lipinski definition) is 6. The van der Waals surface area contributed by atoms with Gasteiger partial charge in [-0.3, -0.25) is 14.4 Å². The number of nitrogens with zero attached hydrogens (tertiary/aromatic N) is 2. The van der Waals surface area contributed by atoms with Crippen LogP contribution in [-0.4, -0.2) is 40.5 Å². The molecule has 9 heteroatoms. The molecule has 0 saturated carbocycles. The molecule has 0 aliphatic heterocycles. The number of halogens is 1. The highest BCUT2D eigenvalue weighted by Crippen LogP contribution is 2.10. The summed E-state index contributed by atoms with van der Waals surface area (Å²) in [4.78, 5) is 33.0. The van der Waals surface area contributed by atoms with Gasteiger partial charge >= 0.3 is 11.9 Å². The van der Waals surface area contributed by atoms with Gasteiger partial charge in [0.05, 0.1) is 12.8 Å². The number of hydrogen-bond donors (Lipinski definition) is 1. The summed E-state index contributed by atoms with van der Waals surface area (Å²) in [5.74, 6) is -2.12. The average molecular weight is 305 g/mol. The van der Waals surface area contributed by atoms with Gasteiger partial charge in [-0.15, -0.1) is 0 Å². The fraction of sp³-hybridized carbons (Fsp3) is 0.455. The normalized spacial score (nSPS) is 10.3. The molecule has 0 spiro atoms.